The van der Waals surface area contributed by atoms with E-state index in [1.165, 1.54) is 4.90 Å². The van der Waals surface area contributed by atoms with Crippen molar-refractivity contribution in [3.8, 4) is 5.75 Å². The van der Waals surface area contributed by atoms with Crippen molar-refractivity contribution >= 4 is 27.8 Å². The van der Waals surface area contributed by atoms with Crippen molar-refractivity contribution in [1.29, 1.82) is 0 Å². The number of ether oxygens (including phenoxy) is 1. The first kappa shape index (κ1) is 15.5. The second-order valence-corrected chi connectivity index (χ2v) is 4.97. The number of hydrogen-bond donors (Lipinski definition) is 1. The SMILES string of the molecule is COc1ccc(CN(C)C(=O)CCC(=O)O)cc1Br. The van der Waals surface area contributed by atoms with Gasteiger partial charge in [0, 0.05) is 20.0 Å². The van der Waals surface area contributed by atoms with E-state index in [4.69, 9.17) is 9.84 Å². The molecule has 0 heterocycles. The molecule has 1 rings (SSSR count). The van der Waals surface area contributed by atoms with Crippen molar-refractivity contribution in [3.05, 3.63) is 28.2 Å². The zero-order valence-electron chi connectivity index (χ0n) is 10.9. The summed E-state index contributed by atoms with van der Waals surface area (Å²) in [6, 6.07) is 5.55. The fraction of sp³-hybridized carbons (Fsp3) is 0.385. The molecule has 0 spiro atoms. The highest BCUT2D eigenvalue weighted by Crippen LogP contribution is 2.25. The number of benzene rings is 1. The zero-order valence-corrected chi connectivity index (χ0v) is 12.4. The number of halogens is 1. The molecule has 0 radical (unpaired) electrons. The van der Waals surface area contributed by atoms with Gasteiger partial charge < -0.3 is 14.7 Å². The van der Waals surface area contributed by atoms with Crippen LogP contribution in [-0.4, -0.2) is 36.0 Å². The molecule has 1 N–H and O–H groups in total. The van der Waals surface area contributed by atoms with Crippen LogP contribution in [0.25, 0.3) is 0 Å². The van der Waals surface area contributed by atoms with Crippen LogP contribution in [0.1, 0.15) is 18.4 Å². The summed E-state index contributed by atoms with van der Waals surface area (Å²) >= 11 is 3.38. The van der Waals surface area contributed by atoms with Crippen LogP contribution in [0.15, 0.2) is 22.7 Å². The molecule has 0 aliphatic rings. The molecule has 0 bridgehead atoms. The minimum absolute atomic E-state index is 0.0170. The summed E-state index contributed by atoms with van der Waals surface area (Å²) in [5.74, 6) is -0.424. The van der Waals surface area contributed by atoms with E-state index in [1.807, 2.05) is 18.2 Å². The third-order valence-electron chi connectivity index (χ3n) is 2.61. The molecule has 0 aliphatic heterocycles. The summed E-state index contributed by atoms with van der Waals surface area (Å²) in [4.78, 5) is 23.6. The second-order valence-electron chi connectivity index (χ2n) is 4.11. The molecule has 0 saturated carbocycles. The summed E-state index contributed by atoms with van der Waals surface area (Å²) < 4.78 is 5.94. The highest BCUT2D eigenvalue weighted by Gasteiger charge is 2.12. The first-order chi connectivity index (χ1) is 8.93. The first-order valence-corrected chi connectivity index (χ1v) is 6.51. The largest absolute Gasteiger partial charge is 0.496 e. The molecule has 0 saturated heterocycles. The molecule has 5 nitrogen and oxygen atoms in total. The average Bonchev–Trinajstić information content (AvgIpc) is 2.36. The fourth-order valence-corrected chi connectivity index (χ4v) is 2.16. The lowest BCUT2D eigenvalue weighted by Crippen LogP contribution is -2.26. The summed E-state index contributed by atoms with van der Waals surface area (Å²) in [6.07, 6.45) is -0.126. The predicted octanol–water partition coefficient (Wildman–Crippen LogP) is 2.28. The Morgan fingerprint density at radius 3 is 2.58 bits per heavy atom. The molecule has 19 heavy (non-hydrogen) atoms. The monoisotopic (exact) mass is 329 g/mol. The van der Waals surface area contributed by atoms with Crippen LogP contribution < -0.4 is 4.74 Å². The van der Waals surface area contributed by atoms with Crippen molar-refractivity contribution < 1.29 is 19.4 Å². The van der Waals surface area contributed by atoms with Gasteiger partial charge in [0.05, 0.1) is 18.0 Å². The Morgan fingerprint density at radius 1 is 1.37 bits per heavy atom. The number of nitrogens with zero attached hydrogens (tertiary/aromatic N) is 1. The third-order valence-corrected chi connectivity index (χ3v) is 3.23. The van der Waals surface area contributed by atoms with Crippen LogP contribution in [0.5, 0.6) is 5.75 Å². The predicted molar refractivity (Wildman–Crippen MR) is 74.0 cm³/mol. The summed E-state index contributed by atoms with van der Waals surface area (Å²) in [5, 5.41) is 8.54. The van der Waals surface area contributed by atoms with Crippen LogP contribution in [0, 0.1) is 0 Å². The molecule has 104 valence electrons. The number of hydrogen-bond acceptors (Lipinski definition) is 3. The van der Waals surface area contributed by atoms with Gasteiger partial charge in [-0.25, -0.2) is 0 Å². The molecule has 0 aromatic heterocycles. The van der Waals surface area contributed by atoms with Gasteiger partial charge >= 0.3 is 5.97 Å². The molecule has 0 atom stereocenters. The standard InChI is InChI=1S/C13H16BrNO4/c1-15(12(16)5-6-13(17)18)8-9-3-4-11(19-2)10(14)7-9/h3-4,7H,5-6,8H2,1-2H3,(H,17,18). The van der Waals surface area contributed by atoms with Gasteiger partial charge in [0.2, 0.25) is 5.91 Å². The molecule has 0 fully saturated rings. The Hall–Kier alpha value is -1.56. The number of carbonyl (C=O) groups is 2. The summed E-state index contributed by atoms with van der Waals surface area (Å²) in [5.41, 5.74) is 0.943. The quantitative estimate of drug-likeness (QED) is 0.869. The van der Waals surface area contributed by atoms with E-state index in [-0.39, 0.29) is 18.7 Å². The Bertz CT molecular complexity index is 476. The molecule has 1 amide bonds. The Kier molecular flexibility index (Phi) is 5.82. The zero-order chi connectivity index (χ0) is 14.4. The molecular weight excluding hydrogens is 314 g/mol. The van der Waals surface area contributed by atoms with Crippen molar-refractivity contribution in [2.45, 2.75) is 19.4 Å². The van der Waals surface area contributed by atoms with Crippen LogP contribution in [0.4, 0.5) is 0 Å². The van der Waals surface area contributed by atoms with Crippen LogP contribution in [0.2, 0.25) is 0 Å². The first-order valence-electron chi connectivity index (χ1n) is 5.72. The number of rotatable bonds is 6. The smallest absolute Gasteiger partial charge is 0.303 e. The maximum absolute atomic E-state index is 11.7. The Balaban J connectivity index is 2.61. The maximum Gasteiger partial charge on any atom is 0.303 e. The third kappa shape index (κ3) is 4.90. The lowest BCUT2D eigenvalue weighted by molar-refractivity contribution is -0.140. The number of methoxy groups -OCH3 is 1. The van der Waals surface area contributed by atoms with Gasteiger partial charge in [-0.05, 0) is 33.6 Å². The average molecular weight is 330 g/mol. The van der Waals surface area contributed by atoms with E-state index < -0.39 is 5.97 Å². The van der Waals surface area contributed by atoms with Gasteiger partial charge in [-0.15, -0.1) is 0 Å². The van der Waals surface area contributed by atoms with E-state index in [1.54, 1.807) is 14.2 Å². The lowest BCUT2D eigenvalue weighted by atomic mass is 10.2. The topological polar surface area (TPSA) is 66.8 Å². The second kappa shape index (κ2) is 7.13. The lowest BCUT2D eigenvalue weighted by Gasteiger charge is -2.17. The maximum atomic E-state index is 11.7. The van der Waals surface area contributed by atoms with Gasteiger partial charge in [0.25, 0.3) is 0 Å². The van der Waals surface area contributed by atoms with E-state index in [0.717, 1.165) is 15.8 Å². The van der Waals surface area contributed by atoms with Crippen molar-refractivity contribution in [2.24, 2.45) is 0 Å². The van der Waals surface area contributed by atoms with Crippen molar-refractivity contribution in [3.63, 3.8) is 0 Å². The minimum Gasteiger partial charge on any atom is -0.496 e. The van der Waals surface area contributed by atoms with Gasteiger partial charge in [-0.2, -0.15) is 0 Å². The molecule has 6 heteroatoms. The van der Waals surface area contributed by atoms with E-state index in [9.17, 15) is 9.59 Å². The summed E-state index contributed by atoms with van der Waals surface area (Å²) in [6.45, 7) is 0.432. The molecular formula is C13H16BrNO4. The number of carboxylic acid groups (broad SMARTS) is 1. The fourth-order valence-electron chi connectivity index (χ4n) is 1.58. The number of amides is 1. The van der Waals surface area contributed by atoms with E-state index in [2.05, 4.69) is 15.9 Å². The number of carbonyl (C=O) groups excluding carboxylic acids is 1. The highest BCUT2D eigenvalue weighted by atomic mass is 79.9. The molecule has 0 aliphatic carbocycles. The van der Waals surface area contributed by atoms with Crippen molar-refractivity contribution in [2.75, 3.05) is 14.2 Å². The summed E-state index contributed by atoms with van der Waals surface area (Å²) in [7, 11) is 3.24. The number of carboxylic acids is 1. The normalized spacial score (nSPS) is 10.1. The van der Waals surface area contributed by atoms with Gasteiger partial charge in [0.15, 0.2) is 0 Å². The van der Waals surface area contributed by atoms with E-state index in [0.29, 0.717) is 6.54 Å². The molecule has 1 aromatic rings. The Labute approximate surface area is 120 Å². The highest BCUT2D eigenvalue weighted by molar-refractivity contribution is 9.10. The molecule has 0 unspecified atom stereocenters. The number of aliphatic carboxylic acids is 1. The van der Waals surface area contributed by atoms with Gasteiger partial charge in [0.1, 0.15) is 5.75 Å². The van der Waals surface area contributed by atoms with Crippen LogP contribution in [0.3, 0.4) is 0 Å². The van der Waals surface area contributed by atoms with Crippen molar-refractivity contribution in [1.82, 2.24) is 4.90 Å². The van der Waals surface area contributed by atoms with E-state index >= 15 is 0 Å². The van der Waals surface area contributed by atoms with Gasteiger partial charge in [-0.3, -0.25) is 9.59 Å². The van der Waals surface area contributed by atoms with Gasteiger partial charge in [-0.1, -0.05) is 6.07 Å². The van der Waals surface area contributed by atoms with Crippen LogP contribution in [-0.2, 0) is 16.1 Å². The molecule has 1 aromatic carbocycles. The Morgan fingerprint density at radius 2 is 2.05 bits per heavy atom. The van der Waals surface area contributed by atoms with Crippen LogP contribution >= 0.6 is 15.9 Å². The minimum atomic E-state index is -0.964.